The molecule has 1 aromatic heterocycles. The first-order valence-electron chi connectivity index (χ1n) is 3.86. The normalized spacial score (nSPS) is 9.50. The van der Waals surface area contributed by atoms with E-state index >= 15 is 0 Å². The molecule has 3 nitrogen and oxygen atoms in total. The molecule has 0 amide bonds. The summed E-state index contributed by atoms with van der Waals surface area (Å²) in [6, 6.07) is 3.72. The number of hydrogen-bond acceptors (Lipinski definition) is 3. The van der Waals surface area contributed by atoms with Crippen LogP contribution in [-0.4, -0.2) is 11.0 Å². The van der Waals surface area contributed by atoms with Crippen molar-refractivity contribution in [2.24, 2.45) is 0 Å². The van der Waals surface area contributed by atoms with Crippen molar-refractivity contribution in [2.75, 3.05) is 0 Å². The number of hydrogen-bond donors (Lipinski definition) is 0. The third-order valence-electron chi connectivity index (χ3n) is 1.47. The van der Waals surface area contributed by atoms with E-state index in [1.54, 1.807) is 6.20 Å². The number of aryl methyl sites for hydroxylation is 1. The molecule has 0 saturated carbocycles. The van der Waals surface area contributed by atoms with E-state index in [2.05, 4.69) is 4.98 Å². The first-order chi connectivity index (χ1) is 5.74. The molecule has 0 saturated heterocycles. The minimum absolute atomic E-state index is 0.330. The molecule has 12 heavy (non-hydrogen) atoms. The van der Waals surface area contributed by atoms with Gasteiger partial charge in [-0.1, -0.05) is 13.0 Å². The van der Waals surface area contributed by atoms with Gasteiger partial charge in [0.15, 0.2) is 0 Å². The Balaban J connectivity index is 2.89. The maximum absolute atomic E-state index is 10.6. The Labute approximate surface area is 71.4 Å². The Morgan fingerprint density at radius 3 is 3.00 bits per heavy atom. The molecule has 64 valence electrons. The molecule has 0 aliphatic rings. The SMILES string of the molecule is CCc1cccnc1OC(C)=O. The largest absolute Gasteiger partial charge is 0.407 e. The van der Waals surface area contributed by atoms with Crippen molar-refractivity contribution in [2.45, 2.75) is 20.3 Å². The van der Waals surface area contributed by atoms with Crippen LogP contribution in [0.4, 0.5) is 0 Å². The number of pyridine rings is 1. The van der Waals surface area contributed by atoms with Crippen LogP contribution < -0.4 is 4.74 Å². The summed E-state index contributed by atoms with van der Waals surface area (Å²) in [5.41, 5.74) is 0.952. The van der Waals surface area contributed by atoms with E-state index in [9.17, 15) is 4.79 Å². The number of rotatable bonds is 2. The van der Waals surface area contributed by atoms with Crippen molar-refractivity contribution in [3.05, 3.63) is 23.9 Å². The van der Waals surface area contributed by atoms with Gasteiger partial charge in [-0.25, -0.2) is 4.98 Å². The molecule has 0 aromatic carbocycles. The summed E-state index contributed by atoms with van der Waals surface area (Å²) in [4.78, 5) is 14.6. The molecule has 0 atom stereocenters. The van der Waals surface area contributed by atoms with Gasteiger partial charge < -0.3 is 4.74 Å². The van der Waals surface area contributed by atoms with Gasteiger partial charge in [-0.05, 0) is 12.5 Å². The summed E-state index contributed by atoms with van der Waals surface area (Å²) in [6.45, 7) is 3.36. The first kappa shape index (κ1) is 8.71. The Bertz CT molecular complexity index is 284. The molecule has 0 bridgehead atoms. The summed E-state index contributed by atoms with van der Waals surface area (Å²) < 4.78 is 4.89. The lowest BCUT2D eigenvalue weighted by atomic mass is 10.2. The fourth-order valence-corrected chi connectivity index (χ4v) is 0.921. The predicted molar refractivity (Wildman–Crippen MR) is 44.9 cm³/mol. The van der Waals surface area contributed by atoms with Crippen molar-refractivity contribution in [3.63, 3.8) is 0 Å². The monoisotopic (exact) mass is 165 g/mol. The molecule has 0 radical (unpaired) electrons. The zero-order valence-electron chi connectivity index (χ0n) is 7.20. The lowest BCUT2D eigenvalue weighted by molar-refractivity contribution is -0.132. The lowest BCUT2D eigenvalue weighted by Crippen LogP contribution is -2.05. The Morgan fingerprint density at radius 1 is 1.67 bits per heavy atom. The van der Waals surface area contributed by atoms with Crippen LogP contribution >= 0.6 is 0 Å². The second-order valence-electron chi connectivity index (χ2n) is 2.41. The van der Waals surface area contributed by atoms with Crippen molar-refractivity contribution < 1.29 is 9.53 Å². The van der Waals surface area contributed by atoms with Crippen LogP contribution in [0.5, 0.6) is 5.88 Å². The number of carbonyl (C=O) groups is 1. The smallest absolute Gasteiger partial charge is 0.309 e. The lowest BCUT2D eigenvalue weighted by Gasteiger charge is -2.03. The average molecular weight is 165 g/mol. The summed E-state index contributed by atoms with van der Waals surface area (Å²) in [7, 11) is 0. The molecular weight excluding hydrogens is 154 g/mol. The molecule has 0 spiro atoms. The van der Waals surface area contributed by atoms with Gasteiger partial charge in [-0.2, -0.15) is 0 Å². The number of ether oxygens (including phenoxy) is 1. The molecule has 0 fully saturated rings. The number of esters is 1. The van der Waals surface area contributed by atoms with Crippen molar-refractivity contribution in [1.29, 1.82) is 0 Å². The van der Waals surface area contributed by atoms with Gasteiger partial charge in [0.1, 0.15) is 0 Å². The van der Waals surface area contributed by atoms with Crippen molar-refractivity contribution in [1.82, 2.24) is 4.98 Å². The van der Waals surface area contributed by atoms with Crippen molar-refractivity contribution >= 4 is 5.97 Å². The molecule has 0 unspecified atom stereocenters. The quantitative estimate of drug-likeness (QED) is 0.624. The number of aromatic nitrogens is 1. The fraction of sp³-hybridized carbons (Fsp3) is 0.333. The van der Waals surface area contributed by atoms with Gasteiger partial charge in [0.2, 0.25) is 5.88 Å². The molecule has 1 aromatic rings. The topological polar surface area (TPSA) is 39.2 Å². The minimum atomic E-state index is -0.330. The van der Waals surface area contributed by atoms with Crippen LogP contribution in [-0.2, 0) is 11.2 Å². The second-order valence-corrected chi connectivity index (χ2v) is 2.41. The summed E-state index contributed by atoms with van der Waals surface area (Å²) in [6.07, 6.45) is 2.42. The van der Waals surface area contributed by atoms with E-state index in [-0.39, 0.29) is 5.97 Å². The summed E-state index contributed by atoms with van der Waals surface area (Å²) in [5, 5.41) is 0. The zero-order valence-corrected chi connectivity index (χ0v) is 7.20. The Kier molecular flexibility index (Phi) is 2.80. The highest BCUT2D eigenvalue weighted by Gasteiger charge is 2.03. The van der Waals surface area contributed by atoms with Crippen LogP contribution in [0, 0.1) is 0 Å². The van der Waals surface area contributed by atoms with Gasteiger partial charge in [-0.15, -0.1) is 0 Å². The highest BCUT2D eigenvalue weighted by molar-refractivity contribution is 5.69. The van der Waals surface area contributed by atoms with Crippen LogP contribution in [0.1, 0.15) is 19.4 Å². The molecule has 0 aliphatic heterocycles. The van der Waals surface area contributed by atoms with Gasteiger partial charge in [-0.3, -0.25) is 4.79 Å². The predicted octanol–water partition coefficient (Wildman–Crippen LogP) is 1.57. The number of carbonyl (C=O) groups excluding carboxylic acids is 1. The maximum Gasteiger partial charge on any atom is 0.309 e. The van der Waals surface area contributed by atoms with Gasteiger partial charge in [0.25, 0.3) is 0 Å². The Morgan fingerprint density at radius 2 is 2.42 bits per heavy atom. The summed E-state index contributed by atoms with van der Waals surface area (Å²) >= 11 is 0. The van der Waals surface area contributed by atoms with Gasteiger partial charge in [0, 0.05) is 18.7 Å². The van der Waals surface area contributed by atoms with Crippen LogP contribution in [0.2, 0.25) is 0 Å². The highest BCUT2D eigenvalue weighted by Crippen LogP contribution is 2.14. The number of nitrogens with zero attached hydrogens (tertiary/aromatic N) is 1. The average Bonchev–Trinajstić information content (AvgIpc) is 2.04. The Hall–Kier alpha value is -1.38. The van der Waals surface area contributed by atoms with E-state index in [4.69, 9.17) is 4.74 Å². The molecule has 1 heterocycles. The zero-order chi connectivity index (χ0) is 8.97. The second kappa shape index (κ2) is 3.85. The fourth-order valence-electron chi connectivity index (χ4n) is 0.921. The van der Waals surface area contributed by atoms with Crippen molar-refractivity contribution in [3.8, 4) is 5.88 Å². The molecule has 0 aliphatic carbocycles. The van der Waals surface area contributed by atoms with E-state index in [1.165, 1.54) is 6.92 Å². The standard InChI is InChI=1S/C9H11NO2/c1-3-8-5-4-6-10-9(8)12-7(2)11/h4-6H,3H2,1-2H3. The highest BCUT2D eigenvalue weighted by atomic mass is 16.5. The molecule has 0 N–H and O–H groups in total. The third-order valence-corrected chi connectivity index (χ3v) is 1.47. The maximum atomic E-state index is 10.6. The third kappa shape index (κ3) is 2.05. The molecule has 3 heteroatoms. The first-order valence-corrected chi connectivity index (χ1v) is 3.86. The van der Waals surface area contributed by atoms with Gasteiger partial charge >= 0.3 is 5.97 Å². The van der Waals surface area contributed by atoms with Crippen LogP contribution in [0.15, 0.2) is 18.3 Å². The van der Waals surface area contributed by atoms with E-state index in [0.717, 1.165) is 12.0 Å². The molecule has 1 rings (SSSR count). The van der Waals surface area contributed by atoms with Crippen LogP contribution in [0.3, 0.4) is 0 Å². The minimum Gasteiger partial charge on any atom is -0.407 e. The van der Waals surface area contributed by atoms with Crippen LogP contribution in [0.25, 0.3) is 0 Å². The van der Waals surface area contributed by atoms with Gasteiger partial charge in [0.05, 0.1) is 0 Å². The molecular formula is C9H11NO2. The summed E-state index contributed by atoms with van der Waals surface area (Å²) in [5.74, 6) is 0.0934. The van der Waals surface area contributed by atoms with E-state index < -0.39 is 0 Å². The van der Waals surface area contributed by atoms with E-state index in [0.29, 0.717) is 5.88 Å². The van der Waals surface area contributed by atoms with E-state index in [1.807, 2.05) is 19.1 Å².